The largest absolute Gasteiger partial charge is 0.494 e. The fourth-order valence-electron chi connectivity index (χ4n) is 3.08. The molecule has 7 nitrogen and oxygen atoms in total. The molecule has 3 rings (SSSR count). The van der Waals surface area contributed by atoms with Crippen LogP contribution in [0.1, 0.15) is 36.9 Å². The lowest BCUT2D eigenvalue weighted by Crippen LogP contribution is -2.28. The molecule has 0 saturated heterocycles. The number of nitrogens with zero attached hydrogens (tertiary/aromatic N) is 4. The normalized spacial score (nSPS) is 16.5. The van der Waals surface area contributed by atoms with Crippen LogP contribution >= 0.6 is 28.1 Å². The number of carbonyl (C=O) groups is 1. The van der Waals surface area contributed by atoms with Crippen LogP contribution in [0.4, 0.5) is 0 Å². The van der Waals surface area contributed by atoms with E-state index in [-0.39, 0.29) is 34.6 Å². The summed E-state index contributed by atoms with van der Waals surface area (Å²) >= 11 is 8.56. The van der Waals surface area contributed by atoms with Gasteiger partial charge in [0.15, 0.2) is 4.77 Å². The molecular formula is C18H19BrN4O3S. The van der Waals surface area contributed by atoms with Crippen molar-refractivity contribution < 1.29 is 9.90 Å². The molecule has 142 valence electrons. The maximum absolute atomic E-state index is 12.7. The molecule has 1 amide bonds. The van der Waals surface area contributed by atoms with E-state index < -0.39 is 5.56 Å². The van der Waals surface area contributed by atoms with Crippen LogP contribution in [0.5, 0.6) is 5.88 Å². The Morgan fingerprint density at radius 1 is 1.30 bits per heavy atom. The molecule has 27 heavy (non-hydrogen) atoms. The fraction of sp³-hybridized carbons (Fsp3) is 0.333. The second-order valence-corrected chi connectivity index (χ2v) is 7.60. The molecule has 9 heteroatoms. The molecule has 1 aliphatic heterocycles. The summed E-state index contributed by atoms with van der Waals surface area (Å²) in [6.07, 6.45) is 0.611. The zero-order valence-electron chi connectivity index (χ0n) is 15.1. The van der Waals surface area contributed by atoms with Gasteiger partial charge in [-0.2, -0.15) is 5.10 Å². The summed E-state index contributed by atoms with van der Waals surface area (Å²) in [5, 5.41) is 16.3. The zero-order chi connectivity index (χ0) is 19.9. The van der Waals surface area contributed by atoms with Gasteiger partial charge in [-0.15, -0.1) is 0 Å². The minimum absolute atomic E-state index is 0.0714. The number of aromatic nitrogens is 2. The van der Waals surface area contributed by atoms with E-state index in [9.17, 15) is 14.7 Å². The van der Waals surface area contributed by atoms with Crippen molar-refractivity contribution in [2.75, 3.05) is 0 Å². The van der Waals surface area contributed by atoms with Crippen LogP contribution in [0.15, 0.2) is 38.6 Å². The van der Waals surface area contributed by atoms with E-state index in [1.165, 1.54) is 14.1 Å². The number of hydrogen-bond donors (Lipinski definition) is 1. The molecule has 1 aromatic heterocycles. The van der Waals surface area contributed by atoms with Crippen LogP contribution in [0.3, 0.4) is 0 Å². The number of hydrogen-bond acceptors (Lipinski definition) is 5. The van der Waals surface area contributed by atoms with Crippen molar-refractivity contribution in [1.29, 1.82) is 0 Å². The third-order valence-electron chi connectivity index (χ3n) is 4.65. The van der Waals surface area contributed by atoms with Crippen molar-refractivity contribution in [2.45, 2.75) is 25.8 Å². The Bertz CT molecular complexity index is 1060. The van der Waals surface area contributed by atoms with E-state index in [1.54, 1.807) is 21.0 Å². The molecule has 0 aliphatic carbocycles. The van der Waals surface area contributed by atoms with E-state index in [0.29, 0.717) is 12.1 Å². The molecule has 1 aliphatic rings. The van der Waals surface area contributed by atoms with E-state index in [1.807, 2.05) is 24.3 Å². The highest BCUT2D eigenvalue weighted by molar-refractivity contribution is 9.10. The Hall–Kier alpha value is -2.26. The summed E-state index contributed by atoms with van der Waals surface area (Å²) in [5.74, 6) is -0.402. The first kappa shape index (κ1) is 19.5. The summed E-state index contributed by atoms with van der Waals surface area (Å²) < 4.78 is 3.77. The predicted molar refractivity (Wildman–Crippen MR) is 108 cm³/mol. The Labute approximate surface area is 169 Å². The summed E-state index contributed by atoms with van der Waals surface area (Å²) in [5.41, 5.74) is 0.907. The Balaban J connectivity index is 2.13. The molecule has 1 atom stereocenters. The third kappa shape index (κ3) is 3.37. The molecule has 1 aromatic carbocycles. The highest BCUT2D eigenvalue weighted by Crippen LogP contribution is 2.34. The number of amides is 1. The quantitative estimate of drug-likeness (QED) is 0.728. The van der Waals surface area contributed by atoms with E-state index in [4.69, 9.17) is 12.2 Å². The van der Waals surface area contributed by atoms with Gasteiger partial charge >= 0.3 is 0 Å². The minimum Gasteiger partial charge on any atom is -0.494 e. The highest BCUT2D eigenvalue weighted by Gasteiger charge is 2.35. The molecule has 1 unspecified atom stereocenters. The first-order chi connectivity index (χ1) is 12.8. The van der Waals surface area contributed by atoms with Crippen LogP contribution in [-0.4, -0.2) is 30.9 Å². The van der Waals surface area contributed by atoms with E-state index in [2.05, 4.69) is 21.0 Å². The highest BCUT2D eigenvalue weighted by atomic mass is 79.9. The number of rotatable bonds is 3. The number of benzene rings is 1. The maximum atomic E-state index is 12.7. The number of halogens is 1. The molecule has 0 spiro atoms. The Morgan fingerprint density at radius 2 is 1.93 bits per heavy atom. The van der Waals surface area contributed by atoms with Crippen LogP contribution in [-0.2, 0) is 18.9 Å². The van der Waals surface area contributed by atoms with Gasteiger partial charge in [-0.25, -0.2) is 5.01 Å². The molecule has 0 saturated carbocycles. The van der Waals surface area contributed by atoms with Gasteiger partial charge in [-0.3, -0.25) is 18.7 Å². The smallest absolute Gasteiger partial charge is 0.267 e. The van der Waals surface area contributed by atoms with Crippen molar-refractivity contribution in [3.8, 4) is 5.88 Å². The second-order valence-electron chi connectivity index (χ2n) is 6.31. The van der Waals surface area contributed by atoms with Gasteiger partial charge in [0.25, 0.3) is 5.56 Å². The van der Waals surface area contributed by atoms with E-state index >= 15 is 0 Å². The zero-order valence-corrected chi connectivity index (χ0v) is 17.5. The van der Waals surface area contributed by atoms with Gasteiger partial charge in [0, 0.05) is 31.4 Å². The van der Waals surface area contributed by atoms with Gasteiger partial charge in [0.1, 0.15) is 5.56 Å². The lowest BCUT2D eigenvalue weighted by Gasteiger charge is -2.21. The van der Waals surface area contributed by atoms with Crippen molar-refractivity contribution >= 4 is 39.8 Å². The summed E-state index contributed by atoms with van der Waals surface area (Å²) in [4.78, 5) is 25.2. The van der Waals surface area contributed by atoms with Crippen molar-refractivity contribution in [3.63, 3.8) is 0 Å². The third-order valence-corrected chi connectivity index (χ3v) is 5.72. The molecule has 0 bridgehead atoms. The van der Waals surface area contributed by atoms with Crippen molar-refractivity contribution in [1.82, 2.24) is 14.1 Å². The molecular weight excluding hydrogens is 432 g/mol. The standard InChI is InChI=1S/C18H19BrN4O3S/c1-4-14(24)23-13(10-5-7-11(19)8-6-10)9-12(20-23)15-16(25)21(2)18(27)22(3)17(15)26/h5-8,13,25H,4,9H2,1-3H3. The number of hydrazone groups is 1. The van der Waals surface area contributed by atoms with Gasteiger partial charge in [-0.1, -0.05) is 35.0 Å². The van der Waals surface area contributed by atoms with Crippen molar-refractivity contribution in [3.05, 3.63) is 55.0 Å². The van der Waals surface area contributed by atoms with Crippen LogP contribution < -0.4 is 5.56 Å². The Kier molecular flexibility index (Phi) is 5.34. The number of aromatic hydroxyl groups is 1. The first-order valence-electron chi connectivity index (χ1n) is 8.40. The molecule has 0 radical (unpaired) electrons. The second kappa shape index (κ2) is 7.40. The predicted octanol–water partition coefficient (Wildman–Crippen LogP) is 3.01. The molecule has 1 N–H and O–H groups in total. The average molecular weight is 451 g/mol. The summed E-state index contributed by atoms with van der Waals surface area (Å²) in [6.45, 7) is 1.76. The Morgan fingerprint density at radius 3 is 2.52 bits per heavy atom. The summed E-state index contributed by atoms with van der Waals surface area (Å²) in [6, 6.07) is 7.27. The summed E-state index contributed by atoms with van der Waals surface area (Å²) in [7, 11) is 3.13. The first-order valence-corrected chi connectivity index (χ1v) is 9.60. The topological polar surface area (TPSA) is 79.8 Å². The van der Waals surface area contributed by atoms with Gasteiger partial charge < -0.3 is 5.11 Å². The van der Waals surface area contributed by atoms with Crippen LogP contribution in [0.2, 0.25) is 0 Å². The molecule has 2 aromatic rings. The monoisotopic (exact) mass is 450 g/mol. The average Bonchev–Trinajstić information content (AvgIpc) is 3.09. The lowest BCUT2D eigenvalue weighted by molar-refractivity contribution is -0.132. The van der Waals surface area contributed by atoms with Gasteiger partial charge in [0.2, 0.25) is 11.8 Å². The van der Waals surface area contributed by atoms with Gasteiger partial charge in [-0.05, 0) is 29.9 Å². The molecule has 2 heterocycles. The number of carbonyl (C=O) groups excluding carboxylic acids is 1. The van der Waals surface area contributed by atoms with Crippen LogP contribution in [0.25, 0.3) is 0 Å². The lowest BCUT2D eigenvalue weighted by atomic mass is 9.99. The van der Waals surface area contributed by atoms with Crippen molar-refractivity contribution in [2.24, 2.45) is 19.2 Å². The minimum atomic E-state index is -0.435. The van der Waals surface area contributed by atoms with E-state index in [0.717, 1.165) is 10.0 Å². The van der Waals surface area contributed by atoms with Gasteiger partial charge in [0.05, 0.1) is 11.8 Å². The molecule has 0 fully saturated rings. The fourth-order valence-corrected chi connectivity index (χ4v) is 3.52. The SMILES string of the molecule is CCC(=O)N1N=C(c2c(O)n(C)c(=S)n(C)c2=O)CC1c1ccc(Br)cc1. The maximum Gasteiger partial charge on any atom is 0.267 e. The van der Waals surface area contributed by atoms with Crippen LogP contribution in [0, 0.1) is 4.77 Å².